The number of carbonyl (C=O) groups excluding carboxylic acids is 1. The average Bonchev–Trinajstić information content (AvgIpc) is 2.82. The van der Waals surface area contributed by atoms with Gasteiger partial charge in [0.25, 0.3) is 5.91 Å². The minimum Gasteiger partial charge on any atom is -0.497 e. The summed E-state index contributed by atoms with van der Waals surface area (Å²) in [5.74, 6) is 0.722. The molecule has 1 saturated heterocycles. The number of methoxy groups -OCH3 is 1. The Balaban J connectivity index is 2.04. The fraction of sp³-hybridized carbons (Fsp3) is 0.333. The highest BCUT2D eigenvalue weighted by atomic mass is 16.5. The monoisotopic (exact) mass is 256 g/mol. The van der Waals surface area contributed by atoms with Gasteiger partial charge in [0, 0.05) is 12.8 Å². The van der Waals surface area contributed by atoms with Crippen molar-refractivity contribution in [2.24, 2.45) is 4.99 Å². The number of rotatable bonds is 1. The molecule has 1 unspecified atom stereocenters. The summed E-state index contributed by atoms with van der Waals surface area (Å²) in [6.07, 6.45) is 4.85. The van der Waals surface area contributed by atoms with Crippen LogP contribution in [0.1, 0.15) is 23.7 Å². The highest BCUT2D eigenvalue weighted by Gasteiger charge is 2.33. The zero-order valence-corrected chi connectivity index (χ0v) is 11.1. The van der Waals surface area contributed by atoms with E-state index in [1.807, 2.05) is 30.2 Å². The van der Waals surface area contributed by atoms with Crippen LogP contribution in [0.4, 0.5) is 5.69 Å². The van der Waals surface area contributed by atoms with Gasteiger partial charge in [0.05, 0.1) is 24.4 Å². The third kappa shape index (κ3) is 1.93. The standard InChI is InChI=1S/C15H16N2O2/c1-3-10-6-11-8-16-14-5-4-12(19-2)7-13(14)15(18)17(11)9-10/h3-5,7-8,11H,6,9H2,1-2H3/b10-3+. The molecule has 1 fully saturated rings. The zero-order chi connectivity index (χ0) is 13.4. The maximum absolute atomic E-state index is 12.6. The number of aliphatic imine (C=N–C) groups is 1. The summed E-state index contributed by atoms with van der Waals surface area (Å²) in [7, 11) is 1.60. The van der Waals surface area contributed by atoms with E-state index >= 15 is 0 Å². The van der Waals surface area contributed by atoms with Gasteiger partial charge in [0.1, 0.15) is 5.75 Å². The van der Waals surface area contributed by atoms with Gasteiger partial charge in [-0.2, -0.15) is 0 Å². The third-order valence-electron chi connectivity index (χ3n) is 3.73. The van der Waals surface area contributed by atoms with E-state index in [0.29, 0.717) is 17.9 Å². The number of amides is 1. The van der Waals surface area contributed by atoms with E-state index in [2.05, 4.69) is 11.1 Å². The molecule has 0 radical (unpaired) electrons. The Hall–Kier alpha value is -2.10. The average molecular weight is 256 g/mol. The Bertz CT molecular complexity index is 590. The van der Waals surface area contributed by atoms with Crippen molar-refractivity contribution in [3.63, 3.8) is 0 Å². The van der Waals surface area contributed by atoms with E-state index in [9.17, 15) is 4.79 Å². The third-order valence-corrected chi connectivity index (χ3v) is 3.73. The number of nitrogens with zero attached hydrogens (tertiary/aromatic N) is 2. The van der Waals surface area contributed by atoms with E-state index in [1.54, 1.807) is 13.2 Å². The predicted octanol–water partition coefficient (Wildman–Crippen LogP) is 2.57. The first-order chi connectivity index (χ1) is 9.22. The molecule has 2 heterocycles. The van der Waals surface area contributed by atoms with E-state index in [1.165, 1.54) is 5.57 Å². The normalized spacial score (nSPS) is 23.3. The van der Waals surface area contributed by atoms with E-state index in [0.717, 1.165) is 12.1 Å². The van der Waals surface area contributed by atoms with Crippen LogP contribution >= 0.6 is 0 Å². The number of ether oxygens (including phenoxy) is 1. The second kappa shape index (κ2) is 4.53. The Morgan fingerprint density at radius 1 is 1.47 bits per heavy atom. The molecular weight excluding hydrogens is 240 g/mol. The molecule has 1 aromatic rings. The van der Waals surface area contributed by atoms with Crippen LogP contribution in [0.2, 0.25) is 0 Å². The molecule has 2 aliphatic rings. The molecule has 0 aliphatic carbocycles. The lowest BCUT2D eigenvalue weighted by Gasteiger charge is -2.19. The van der Waals surface area contributed by atoms with Crippen molar-refractivity contribution in [2.75, 3.05) is 13.7 Å². The van der Waals surface area contributed by atoms with Gasteiger partial charge in [-0.25, -0.2) is 0 Å². The van der Waals surface area contributed by atoms with Crippen molar-refractivity contribution in [1.82, 2.24) is 4.90 Å². The molecule has 0 saturated carbocycles. The number of carbonyl (C=O) groups is 1. The van der Waals surface area contributed by atoms with Crippen LogP contribution in [0.5, 0.6) is 5.75 Å². The van der Waals surface area contributed by atoms with Crippen LogP contribution in [0.25, 0.3) is 0 Å². The molecule has 0 bridgehead atoms. The molecular formula is C15H16N2O2. The Kier molecular flexibility index (Phi) is 2.85. The van der Waals surface area contributed by atoms with Crippen LogP contribution in [0.3, 0.4) is 0 Å². The largest absolute Gasteiger partial charge is 0.497 e. The highest BCUT2D eigenvalue weighted by Crippen LogP contribution is 2.32. The van der Waals surface area contributed by atoms with Gasteiger partial charge in [-0.3, -0.25) is 9.79 Å². The Morgan fingerprint density at radius 3 is 3.05 bits per heavy atom. The molecule has 3 rings (SSSR count). The first-order valence-corrected chi connectivity index (χ1v) is 6.40. The minimum atomic E-state index is 0.0354. The van der Waals surface area contributed by atoms with Gasteiger partial charge in [-0.1, -0.05) is 11.6 Å². The van der Waals surface area contributed by atoms with Gasteiger partial charge >= 0.3 is 0 Å². The summed E-state index contributed by atoms with van der Waals surface area (Å²) in [5.41, 5.74) is 2.63. The van der Waals surface area contributed by atoms with Crippen LogP contribution in [-0.2, 0) is 0 Å². The van der Waals surface area contributed by atoms with Crippen LogP contribution in [0.15, 0.2) is 34.8 Å². The van der Waals surface area contributed by atoms with Gasteiger partial charge in [0.15, 0.2) is 0 Å². The van der Waals surface area contributed by atoms with E-state index < -0.39 is 0 Å². The van der Waals surface area contributed by atoms with Gasteiger partial charge < -0.3 is 9.64 Å². The molecule has 0 spiro atoms. The van der Waals surface area contributed by atoms with Crippen molar-refractivity contribution in [3.8, 4) is 5.75 Å². The van der Waals surface area contributed by atoms with Crippen LogP contribution in [0, 0.1) is 0 Å². The van der Waals surface area contributed by atoms with Crippen molar-refractivity contribution in [2.45, 2.75) is 19.4 Å². The van der Waals surface area contributed by atoms with Crippen molar-refractivity contribution in [3.05, 3.63) is 35.4 Å². The van der Waals surface area contributed by atoms with Crippen molar-refractivity contribution in [1.29, 1.82) is 0 Å². The quantitative estimate of drug-likeness (QED) is 0.725. The van der Waals surface area contributed by atoms with E-state index in [-0.39, 0.29) is 11.9 Å². The van der Waals surface area contributed by atoms with Crippen LogP contribution in [-0.4, -0.2) is 36.7 Å². The Labute approximate surface area is 112 Å². The first-order valence-electron chi connectivity index (χ1n) is 6.40. The minimum absolute atomic E-state index is 0.0354. The second-order valence-electron chi connectivity index (χ2n) is 4.81. The molecule has 2 aliphatic heterocycles. The number of allylic oxidation sites excluding steroid dienone is 1. The Morgan fingerprint density at radius 2 is 2.32 bits per heavy atom. The topological polar surface area (TPSA) is 41.9 Å². The molecule has 19 heavy (non-hydrogen) atoms. The molecule has 1 atom stereocenters. The number of hydrogen-bond donors (Lipinski definition) is 0. The summed E-state index contributed by atoms with van der Waals surface area (Å²) in [5, 5.41) is 0. The van der Waals surface area contributed by atoms with Crippen molar-refractivity contribution < 1.29 is 9.53 Å². The zero-order valence-electron chi connectivity index (χ0n) is 11.1. The smallest absolute Gasteiger partial charge is 0.257 e. The maximum Gasteiger partial charge on any atom is 0.257 e. The fourth-order valence-electron chi connectivity index (χ4n) is 2.59. The number of hydrogen-bond acceptors (Lipinski definition) is 3. The molecule has 1 aromatic carbocycles. The lowest BCUT2D eigenvalue weighted by Crippen LogP contribution is -2.35. The molecule has 98 valence electrons. The second-order valence-corrected chi connectivity index (χ2v) is 4.81. The maximum atomic E-state index is 12.6. The summed E-state index contributed by atoms with van der Waals surface area (Å²) in [6.45, 7) is 2.71. The number of fused-ring (bicyclic) bond motifs is 2. The molecule has 0 N–H and O–H groups in total. The summed E-state index contributed by atoms with van der Waals surface area (Å²) >= 11 is 0. The van der Waals surface area contributed by atoms with Gasteiger partial charge in [0.2, 0.25) is 0 Å². The molecule has 4 nitrogen and oxygen atoms in total. The first kappa shape index (κ1) is 12.0. The molecule has 4 heteroatoms. The summed E-state index contributed by atoms with van der Waals surface area (Å²) in [6, 6.07) is 5.51. The highest BCUT2D eigenvalue weighted by molar-refractivity contribution is 6.03. The summed E-state index contributed by atoms with van der Waals surface area (Å²) in [4.78, 5) is 18.9. The van der Waals surface area contributed by atoms with Gasteiger partial charge in [-0.15, -0.1) is 0 Å². The fourth-order valence-corrected chi connectivity index (χ4v) is 2.59. The lowest BCUT2D eigenvalue weighted by atomic mass is 10.1. The van der Waals surface area contributed by atoms with Crippen LogP contribution < -0.4 is 4.74 Å². The predicted molar refractivity (Wildman–Crippen MR) is 74.3 cm³/mol. The summed E-state index contributed by atoms with van der Waals surface area (Å²) < 4.78 is 5.19. The lowest BCUT2D eigenvalue weighted by molar-refractivity contribution is 0.0777. The van der Waals surface area contributed by atoms with Crippen molar-refractivity contribution >= 4 is 17.8 Å². The molecule has 1 amide bonds. The molecule has 0 aromatic heterocycles. The SMILES string of the molecule is C/C=C1\CC2C=Nc3ccc(OC)cc3C(=O)N2C1. The van der Waals surface area contributed by atoms with Gasteiger partial charge in [-0.05, 0) is 31.5 Å². The number of benzene rings is 1. The van der Waals surface area contributed by atoms with E-state index in [4.69, 9.17) is 4.74 Å².